The summed E-state index contributed by atoms with van der Waals surface area (Å²) in [6.07, 6.45) is 3.09. The molecule has 0 unspecified atom stereocenters. The average molecular weight is 243 g/mol. The van der Waals surface area contributed by atoms with Gasteiger partial charge in [0, 0.05) is 5.39 Å². The zero-order valence-corrected chi connectivity index (χ0v) is 10.2. The second-order valence-corrected chi connectivity index (χ2v) is 4.53. The van der Waals surface area contributed by atoms with Crippen molar-refractivity contribution in [1.29, 1.82) is 0 Å². The van der Waals surface area contributed by atoms with E-state index in [1.165, 1.54) is 10.8 Å². The Labute approximate surface area is 110 Å². The van der Waals surface area contributed by atoms with Gasteiger partial charge in [-0.1, -0.05) is 48.5 Å². The number of nitrogens with zero attached hydrogens (tertiary/aromatic N) is 2. The van der Waals surface area contributed by atoms with Crippen LogP contribution in [0.2, 0.25) is 0 Å². The second-order valence-electron chi connectivity index (χ2n) is 4.53. The third-order valence-electron chi connectivity index (χ3n) is 3.40. The lowest BCUT2D eigenvalue weighted by molar-refractivity contribution is 1.09. The van der Waals surface area contributed by atoms with Gasteiger partial charge in [-0.15, -0.1) is 0 Å². The SMILES string of the molecule is [c]1nc2ccccc2n1-c1cccc2ccccc12. The minimum atomic E-state index is 0.968. The monoisotopic (exact) mass is 243 g/mol. The number of imidazole rings is 1. The highest BCUT2D eigenvalue weighted by Crippen LogP contribution is 2.25. The van der Waals surface area contributed by atoms with Gasteiger partial charge in [0.15, 0.2) is 6.33 Å². The molecule has 0 aliphatic carbocycles. The van der Waals surface area contributed by atoms with Crippen LogP contribution in [0.4, 0.5) is 0 Å². The average Bonchev–Trinajstić information content (AvgIpc) is 2.90. The largest absolute Gasteiger partial charge is 0.289 e. The minimum absolute atomic E-state index is 0.968. The number of aromatic nitrogens is 2. The first-order valence-corrected chi connectivity index (χ1v) is 6.27. The fourth-order valence-corrected chi connectivity index (χ4v) is 2.49. The van der Waals surface area contributed by atoms with Crippen LogP contribution in [0, 0.1) is 6.33 Å². The fourth-order valence-electron chi connectivity index (χ4n) is 2.49. The highest BCUT2D eigenvalue weighted by Gasteiger charge is 2.07. The summed E-state index contributed by atoms with van der Waals surface area (Å²) in [5.41, 5.74) is 3.17. The van der Waals surface area contributed by atoms with Crippen LogP contribution in [-0.2, 0) is 0 Å². The number of fused-ring (bicyclic) bond motifs is 2. The molecule has 0 saturated carbocycles. The smallest absolute Gasteiger partial charge is 0.182 e. The zero-order chi connectivity index (χ0) is 12.7. The highest BCUT2D eigenvalue weighted by molar-refractivity contribution is 5.92. The maximum absolute atomic E-state index is 4.34. The van der Waals surface area contributed by atoms with Crippen molar-refractivity contribution in [3.63, 3.8) is 0 Å². The van der Waals surface area contributed by atoms with Crippen LogP contribution in [0.5, 0.6) is 0 Å². The maximum atomic E-state index is 4.34. The minimum Gasteiger partial charge on any atom is -0.289 e. The van der Waals surface area contributed by atoms with Gasteiger partial charge in [0.25, 0.3) is 0 Å². The molecular weight excluding hydrogens is 232 g/mol. The zero-order valence-electron chi connectivity index (χ0n) is 10.2. The Morgan fingerprint density at radius 3 is 2.58 bits per heavy atom. The number of para-hydroxylation sites is 2. The molecule has 19 heavy (non-hydrogen) atoms. The topological polar surface area (TPSA) is 17.8 Å². The van der Waals surface area contributed by atoms with E-state index in [-0.39, 0.29) is 0 Å². The Bertz CT molecular complexity index is 869. The molecule has 0 saturated heterocycles. The van der Waals surface area contributed by atoms with E-state index in [0.717, 1.165) is 16.7 Å². The number of benzene rings is 3. The summed E-state index contributed by atoms with van der Waals surface area (Å²) in [6, 6.07) is 22.8. The molecule has 0 fully saturated rings. The van der Waals surface area contributed by atoms with Gasteiger partial charge >= 0.3 is 0 Å². The fraction of sp³-hybridized carbons (Fsp3) is 0. The summed E-state index contributed by atoms with van der Waals surface area (Å²) in [5.74, 6) is 0. The lowest BCUT2D eigenvalue weighted by Gasteiger charge is -2.07. The summed E-state index contributed by atoms with van der Waals surface area (Å²) in [7, 11) is 0. The van der Waals surface area contributed by atoms with Gasteiger partial charge in [0.05, 0.1) is 16.7 Å². The molecule has 0 aliphatic heterocycles. The maximum Gasteiger partial charge on any atom is 0.182 e. The molecule has 0 N–H and O–H groups in total. The van der Waals surface area contributed by atoms with Crippen LogP contribution >= 0.6 is 0 Å². The van der Waals surface area contributed by atoms with Gasteiger partial charge in [-0.05, 0) is 23.6 Å². The Balaban J connectivity index is 2.10. The lowest BCUT2D eigenvalue weighted by Crippen LogP contribution is -1.93. The first kappa shape index (κ1) is 10.3. The van der Waals surface area contributed by atoms with Crippen LogP contribution in [0.3, 0.4) is 0 Å². The third-order valence-corrected chi connectivity index (χ3v) is 3.40. The normalized spacial score (nSPS) is 11.2. The van der Waals surface area contributed by atoms with Crippen molar-refractivity contribution in [1.82, 2.24) is 9.55 Å². The molecule has 4 rings (SSSR count). The van der Waals surface area contributed by atoms with Gasteiger partial charge in [-0.25, -0.2) is 4.98 Å². The van der Waals surface area contributed by atoms with Gasteiger partial charge in [-0.3, -0.25) is 4.57 Å². The van der Waals surface area contributed by atoms with Crippen molar-refractivity contribution in [2.45, 2.75) is 0 Å². The molecule has 1 aromatic heterocycles. The van der Waals surface area contributed by atoms with E-state index < -0.39 is 0 Å². The Hall–Kier alpha value is -2.61. The van der Waals surface area contributed by atoms with Crippen LogP contribution in [0.1, 0.15) is 0 Å². The van der Waals surface area contributed by atoms with E-state index in [0.29, 0.717) is 0 Å². The Morgan fingerprint density at radius 2 is 1.58 bits per heavy atom. The van der Waals surface area contributed by atoms with E-state index >= 15 is 0 Å². The molecule has 0 aliphatic rings. The van der Waals surface area contributed by atoms with Gasteiger partial charge < -0.3 is 0 Å². The van der Waals surface area contributed by atoms with Crippen molar-refractivity contribution in [3.05, 3.63) is 73.1 Å². The van der Waals surface area contributed by atoms with Crippen molar-refractivity contribution < 1.29 is 0 Å². The summed E-state index contributed by atoms with van der Waals surface area (Å²) in [6.45, 7) is 0. The van der Waals surface area contributed by atoms with Crippen molar-refractivity contribution >= 4 is 21.8 Å². The quantitative estimate of drug-likeness (QED) is 0.494. The number of hydrogen-bond acceptors (Lipinski definition) is 1. The first-order valence-electron chi connectivity index (χ1n) is 6.27. The summed E-state index contributed by atoms with van der Waals surface area (Å²) >= 11 is 0. The lowest BCUT2D eigenvalue weighted by atomic mass is 10.1. The van der Waals surface area contributed by atoms with E-state index in [9.17, 15) is 0 Å². The molecule has 2 heteroatoms. The van der Waals surface area contributed by atoms with Gasteiger partial charge in [-0.2, -0.15) is 0 Å². The highest BCUT2D eigenvalue weighted by atomic mass is 15.0. The summed E-state index contributed by atoms with van der Waals surface area (Å²) < 4.78 is 2.03. The molecule has 4 aromatic rings. The molecule has 89 valence electrons. The number of hydrogen-bond donors (Lipinski definition) is 0. The molecule has 0 amide bonds. The van der Waals surface area contributed by atoms with Crippen LogP contribution in [0.25, 0.3) is 27.5 Å². The van der Waals surface area contributed by atoms with Gasteiger partial charge in [0.2, 0.25) is 0 Å². The van der Waals surface area contributed by atoms with Gasteiger partial charge in [0.1, 0.15) is 0 Å². The molecular formula is C17H11N2. The van der Waals surface area contributed by atoms with Crippen molar-refractivity contribution in [3.8, 4) is 5.69 Å². The molecule has 3 aromatic carbocycles. The standard InChI is InChI=1S/C17H11N2/c1-2-8-14-13(6-1)7-5-11-16(14)19-12-18-15-9-3-4-10-17(15)19/h1-11H. The second kappa shape index (κ2) is 3.95. The Kier molecular flexibility index (Phi) is 2.15. The molecule has 0 bridgehead atoms. The molecule has 0 spiro atoms. The summed E-state index contributed by atoms with van der Waals surface area (Å²) in [4.78, 5) is 4.34. The summed E-state index contributed by atoms with van der Waals surface area (Å²) in [5, 5.41) is 2.44. The predicted octanol–water partition coefficient (Wildman–Crippen LogP) is 3.98. The molecule has 2 nitrogen and oxygen atoms in total. The predicted molar refractivity (Wildman–Crippen MR) is 77.4 cm³/mol. The molecule has 1 heterocycles. The molecule has 0 atom stereocenters. The van der Waals surface area contributed by atoms with Crippen LogP contribution in [-0.4, -0.2) is 9.55 Å². The van der Waals surface area contributed by atoms with Crippen LogP contribution < -0.4 is 0 Å². The van der Waals surface area contributed by atoms with E-state index in [4.69, 9.17) is 0 Å². The van der Waals surface area contributed by atoms with E-state index in [2.05, 4.69) is 59.8 Å². The van der Waals surface area contributed by atoms with Crippen molar-refractivity contribution in [2.24, 2.45) is 0 Å². The molecule has 1 radical (unpaired) electrons. The van der Waals surface area contributed by atoms with E-state index in [1.807, 2.05) is 22.8 Å². The van der Waals surface area contributed by atoms with Crippen LogP contribution in [0.15, 0.2) is 66.7 Å². The third kappa shape index (κ3) is 1.54. The van der Waals surface area contributed by atoms with Crippen molar-refractivity contribution in [2.75, 3.05) is 0 Å². The Morgan fingerprint density at radius 1 is 0.789 bits per heavy atom. The first-order chi connectivity index (χ1) is 9.43. The number of rotatable bonds is 1. The van der Waals surface area contributed by atoms with E-state index in [1.54, 1.807) is 0 Å².